The maximum Gasteiger partial charge on any atom is 0.244 e. The number of amides is 1. The minimum atomic E-state index is -3.58. The first-order valence-corrected chi connectivity index (χ1v) is 14.7. The lowest BCUT2D eigenvalue weighted by atomic mass is 9.97. The van der Waals surface area contributed by atoms with E-state index in [9.17, 15) is 13.2 Å². The lowest BCUT2D eigenvalue weighted by molar-refractivity contribution is -0.120. The van der Waals surface area contributed by atoms with Crippen molar-refractivity contribution in [3.05, 3.63) is 58.5 Å². The number of piperidine rings is 1. The molecule has 1 saturated heterocycles. The van der Waals surface area contributed by atoms with Crippen molar-refractivity contribution in [2.45, 2.75) is 43.4 Å². The molecule has 1 amide bonds. The summed E-state index contributed by atoms with van der Waals surface area (Å²) >= 11 is 2.83. The number of sulfonamides is 1. The first-order chi connectivity index (χ1) is 16.2. The van der Waals surface area contributed by atoms with Gasteiger partial charge in [0.15, 0.2) is 5.13 Å². The zero-order chi connectivity index (χ0) is 24.5. The number of hydrogen-bond acceptors (Lipinski definition) is 6. The minimum Gasteiger partial charge on any atom is -0.302 e. The van der Waals surface area contributed by atoms with Gasteiger partial charge in [0, 0.05) is 34.8 Å². The van der Waals surface area contributed by atoms with E-state index in [1.165, 1.54) is 33.0 Å². The number of benzene rings is 2. The molecule has 0 aliphatic carbocycles. The van der Waals surface area contributed by atoms with E-state index in [2.05, 4.69) is 43.2 Å². The molecule has 1 aliphatic heterocycles. The summed E-state index contributed by atoms with van der Waals surface area (Å²) in [7, 11) is -3.58. The van der Waals surface area contributed by atoms with Gasteiger partial charge in [-0.25, -0.2) is 13.4 Å². The molecule has 6 nitrogen and oxygen atoms in total. The summed E-state index contributed by atoms with van der Waals surface area (Å²) < 4.78 is 27.8. The Morgan fingerprint density at radius 2 is 1.76 bits per heavy atom. The fourth-order valence-electron chi connectivity index (χ4n) is 4.57. The smallest absolute Gasteiger partial charge is 0.244 e. The van der Waals surface area contributed by atoms with Crippen molar-refractivity contribution in [3.8, 4) is 11.3 Å². The van der Waals surface area contributed by atoms with E-state index in [1.807, 2.05) is 23.8 Å². The molecule has 3 aromatic rings. The Balaban J connectivity index is 1.40. The van der Waals surface area contributed by atoms with Crippen molar-refractivity contribution in [2.24, 2.45) is 5.92 Å². The Morgan fingerprint density at radius 3 is 2.41 bits per heavy atom. The monoisotopic (exact) mass is 515 g/mol. The normalized spacial score (nSPS) is 15.4. The van der Waals surface area contributed by atoms with Crippen LogP contribution in [0, 0.1) is 26.7 Å². The van der Waals surface area contributed by atoms with Crippen LogP contribution in [0.4, 0.5) is 5.13 Å². The number of carbonyl (C=O) groups excluding carboxylic acids is 1. The third kappa shape index (κ3) is 5.07. The number of rotatable bonds is 6. The molecule has 0 bridgehead atoms. The van der Waals surface area contributed by atoms with E-state index in [4.69, 9.17) is 0 Å². The van der Waals surface area contributed by atoms with Crippen molar-refractivity contribution in [3.63, 3.8) is 0 Å². The first kappa shape index (κ1) is 24.9. The molecule has 1 fully saturated rings. The molecule has 0 atom stereocenters. The van der Waals surface area contributed by atoms with E-state index in [1.54, 1.807) is 12.1 Å². The fourth-order valence-corrected chi connectivity index (χ4v) is 7.86. The average molecular weight is 516 g/mol. The highest BCUT2D eigenvalue weighted by molar-refractivity contribution is 7.99. The summed E-state index contributed by atoms with van der Waals surface area (Å²) in [6, 6.07) is 11.3. The van der Waals surface area contributed by atoms with Gasteiger partial charge in [-0.15, -0.1) is 23.1 Å². The number of aryl methyl sites for hydroxylation is 3. The van der Waals surface area contributed by atoms with Crippen molar-refractivity contribution < 1.29 is 13.2 Å². The Hall–Kier alpha value is -2.20. The second-order valence-corrected chi connectivity index (χ2v) is 12.2. The van der Waals surface area contributed by atoms with Crippen LogP contribution < -0.4 is 5.32 Å². The lowest BCUT2D eigenvalue weighted by Gasteiger charge is -2.30. The van der Waals surface area contributed by atoms with E-state index in [-0.39, 0.29) is 11.8 Å². The highest BCUT2D eigenvalue weighted by Crippen LogP contribution is 2.33. The number of nitrogens with one attached hydrogen (secondary N) is 1. The van der Waals surface area contributed by atoms with Gasteiger partial charge in [-0.2, -0.15) is 4.31 Å². The Labute approximate surface area is 209 Å². The third-order valence-corrected chi connectivity index (χ3v) is 9.82. The van der Waals surface area contributed by atoms with Gasteiger partial charge in [0.2, 0.25) is 15.9 Å². The number of thioether (sulfide) groups is 1. The zero-order valence-corrected chi connectivity index (χ0v) is 22.2. The molecule has 0 spiro atoms. The van der Waals surface area contributed by atoms with Crippen LogP contribution in [0.1, 0.15) is 29.5 Å². The summed E-state index contributed by atoms with van der Waals surface area (Å²) in [5.74, 6) is -0.336. The number of thiazole rings is 1. The molecular formula is C25H29N3O3S3. The van der Waals surface area contributed by atoms with Crippen molar-refractivity contribution in [1.82, 2.24) is 9.29 Å². The van der Waals surface area contributed by atoms with Gasteiger partial charge in [-0.1, -0.05) is 29.8 Å². The van der Waals surface area contributed by atoms with Crippen molar-refractivity contribution >= 4 is 44.2 Å². The predicted molar refractivity (Wildman–Crippen MR) is 140 cm³/mol. The maximum absolute atomic E-state index is 13.2. The summed E-state index contributed by atoms with van der Waals surface area (Å²) in [6.07, 6.45) is 2.85. The molecule has 0 saturated carbocycles. The van der Waals surface area contributed by atoms with Gasteiger partial charge in [-0.3, -0.25) is 4.79 Å². The molecule has 34 heavy (non-hydrogen) atoms. The van der Waals surface area contributed by atoms with E-state index in [0.29, 0.717) is 36.0 Å². The van der Waals surface area contributed by atoms with Crippen LogP contribution in [0.2, 0.25) is 0 Å². The average Bonchev–Trinajstić information content (AvgIpc) is 3.26. The van der Waals surface area contributed by atoms with Gasteiger partial charge < -0.3 is 5.32 Å². The Morgan fingerprint density at radius 1 is 1.12 bits per heavy atom. The number of anilines is 1. The molecule has 9 heteroatoms. The second kappa shape index (κ2) is 10.2. The number of hydrogen-bond donors (Lipinski definition) is 1. The summed E-state index contributed by atoms with van der Waals surface area (Å²) in [5.41, 5.74) is 5.51. The standard InChI is InChI=1S/C25H29N3O3S3/c1-16-13-17(2)23(18(3)14-16)20-15-33-25(26-20)27-24(29)19-9-11-28(12-10-19)34(30,31)22-8-6-5-7-21(22)32-4/h5-8,13-15,19H,9-12H2,1-4H3,(H,26,27,29). The maximum atomic E-state index is 13.2. The molecule has 1 N–H and O–H groups in total. The van der Waals surface area contributed by atoms with Gasteiger partial charge in [-0.05, 0) is 63.1 Å². The van der Waals surface area contributed by atoms with Crippen LogP contribution >= 0.6 is 23.1 Å². The van der Waals surface area contributed by atoms with Crippen LogP contribution in [0.15, 0.2) is 51.6 Å². The predicted octanol–water partition coefficient (Wildman–Crippen LogP) is 5.50. The minimum absolute atomic E-state index is 0.0974. The summed E-state index contributed by atoms with van der Waals surface area (Å²) in [5, 5.41) is 5.50. The van der Waals surface area contributed by atoms with Crippen molar-refractivity contribution in [2.75, 3.05) is 24.7 Å². The lowest BCUT2D eigenvalue weighted by Crippen LogP contribution is -2.41. The molecular weight excluding hydrogens is 486 g/mol. The van der Waals surface area contributed by atoms with Gasteiger partial charge in [0.1, 0.15) is 0 Å². The zero-order valence-electron chi connectivity index (χ0n) is 19.8. The van der Waals surface area contributed by atoms with Gasteiger partial charge in [0.25, 0.3) is 0 Å². The number of nitrogens with zero attached hydrogens (tertiary/aromatic N) is 2. The third-order valence-electron chi connectivity index (χ3n) is 6.18. The molecule has 1 aliphatic rings. The number of carbonyl (C=O) groups is 1. The molecule has 2 heterocycles. The number of aromatic nitrogens is 1. The van der Waals surface area contributed by atoms with E-state index < -0.39 is 10.0 Å². The van der Waals surface area contributed by atoms with Crippen LogP contribution in [0.25, 0.3) is 11.3 Å². The highest BCUT2D eigenvalue weighted by atomic mass is 32.2. The summed E-state index contributed by atoms with van der Waals surface area (Å²) in [4.78, 5) is 18.6. The molecule has 4 rings (SSSR count). The summed E-state index contributed by atoms with van der Waals surface area (Å²) in [6.45, 7) is 6.88. The van der Waals surface area contributed by atoms with Crippen molar-refractivity contribution in [1.29, 1.82) is 0 Å². The topological polar surface area (TPSA) is 79.4 Å². The molecule has 0 unspecified atom stereocenters. The molecule has 1 aromatic heterocycles. The quantitative estimate of drug-likeness (QED) is 0.439. The molecule has 0 radical (unpaired) electrons. The molecule has 2 aromatic carbocycles. The SMILES string of the molecule is CSc1ccccc1S(=O)(=O)N1CCC(C(=O)Nc2nc(-c3c(C)cc(C)cc3C)cs2)CC1. The Bertz CT molecular complexity index is 1290. The van der Waals surface area contributed by atoms with Crippen LogP contribution in [-0.4, -0.2) is 43.0 Å². The molecule has 180 valence electrons. The van der Waals surface area contributed by atoms with E-state index in [0.717, 1.165) is 27.3 Å². The largest absolute Gasteiger partial charge is 0.302 e. The first-order valence-electron chi connectivity index (χ1n) is 11.2. The highest BCUT2D eigenvalue weighted by Gasteiger charge is 2.33. The Kier molecular flexibility index (Phi) is 7.47. The van der Waals surface area contributed by atoms with Crippen LogP contribution in [0.5, 0.6) is 0 Å². The van der Waals surface area contributed by atoms with Gasteiger partial charge in [0.05, 0.1) is 10.6 Å². The fraction of sp³-hybridized carbons (Fsp3) is 0.360. The second-order valence-electron chi connectivity index (χ2n) is 8.63. The van der Waals surface area contributed by atoms with Gasteiger partial charge >= 0.3 is 0 Å². The van der Waals surface area contributed by atoms with E-state index >= 15 is 0 Å². The van der Waals surface area contributed by atoms with Crippen LogP contribution in [0.3, 0.4) is 0 Å². The van der Waals surface area contributed by atoms with Crippen LogP contribution in [-0.2, 0) is 14.8 Å².